The van der Waals surface area contributed by atoms with E-state index in [0.29, 0.717) is 12.8 Å². The second kappa shape index (κ2) is 5.79. The third-order valence-corrected chi connectivity index (χ3v) is 6.35. The Hall–Kier alpha value is -0.620. The first-order chi connectivity index (χ1) is 8.91. The first-order valence-electron chi connectivity index (χ1n) is 7.06. The van der Waals surface area contributed by atoms with Crippen molar-refractivity contribution in [3.8, 4) is 0 Å². The van der Waals surface area contributed by atoms with Gasteiger partial charge in [-0.15, -0.1) is 0 Å². The van der Waals surface area contributed by atoms with Crippen LogP contribution in [0.5, 0.6) is 0 Å². The highest BCUT2D eigenvalue weighted by Gasteiger charge is 2.38. The van der Waals surface area contributed by atoms with Gasteiger partial charge in [-0.05, 0) is 26.3 Å². The van der Waals surface area contributed by atoms with E-state index in [1.807, 2.05) is 11.9 Å². The largest absolute Gasteiger partial charge is 0.481 e. The fraction of sp³-hybridized carbons (Fsp3) is 0.923. The zero-order chi connectivity index (χ0) is 14.0. The summed E-state index contributed by atoms with van der Waals surface area (Å²) in [5.74, 6) is -0.658. The summed E-state index contributed by atoms with van der Waals surface area (Å²) < 4.78 is 23.1. The van der Waals surface area contributed by atoms with Gasteiger partial charge in [0.1, 0.15) is 0 Å². The van der Waals surface area contributed by atoms with Crippen LogP contribution in [-0.2, 0) is 14.6 Å². The van der Waals surface area contributed by atoms with E-state index in [2.05, 4.69) is 0 Å². The van der Waals surface area contributed by atoms with Gasteiger partial charge in [0, 0.05) is 12.1 Å². The summed E-state index contributed by atoms with van der Waals surface area (Å²) in [6, 6.07) is -0.0201. The molecule has 0 bridgehead atoms. The number of hydrogen-bond acceptors (Lipinski definition) is 4. The summed E-state index contributed by atoms with van der Waals surface area (Å²) in [5, 5.41) is 9.38. The van der Waals surface area contributed by atoms with Crippen LogP contribution >= 0.6 is 0 Å². The predicted molar refractivity (Wildman–Crippen MR) is 72.8 cm³/mol. The quantitative estimate of drug-likeness (QED) is 0.789. The van der Waals surface area contributed by atoms with Gasteiger partial charge in [0.2, 0.25) is 0 Å². The number of sulfone groups is 1. The number of nitrogens with zero attached hydrogens (tertiary/aromatic N) is 1. The van der Waals surface area contributed by atoms with Gasteiger partial charge >= 0.3 is 5.97 Å². The number of carboxylic acid groups (broad SMARTS) is 1. The molecule has 0 radical (unpaired) electrons. The van der Waals surface area contributed by atoms with Gasteiger partial charge in [-0.1, -0.05) is 19.3 Å². The average Bonchev–Trinajstić information content (AvgIpc) is 2.57. The molecule has 5 nitrogen and oxygen atoms in total. The van der Waals surface area contributed by atoms with Crippen LogP contribution in [0.2, 0.25) is 0 Å². The fourth-order valence-electron chi connectivity index (χ4n) is 3.43. The second-order valence-corrected chi connectivity index (χ2v) is 8.10. The Bertz CT molecular complexity index is 434. The highest BCUT2D eigenvalue weighted by molar-refractivity contribution is 7.91. The summed E-state index contributed by atoms with van der Waals surface area (Å²) in [6.07, 6.45) is 5.30. The second-order valence-electron chi connectivity index (χ2n) is 5.87. The van der Waals surface area contributed by atoms with Crippen molar-refractivity contribution < 1.29 is 18.3 Å². The molecule has 6 heteroatoms. The molecule has 2 rings (SSSR count). The van der Waals surface area contributed by atoms with E-state index >= 15 is 0 Å². The van der Waals surface area contributed by atoms with Crippen molar-refractivity contribution >= 4 is 15.8 Å². The van der Waals surface area contributed by atoms with Crippen LogP contribution in [0.15, 0.2) is 0 Å². The Balaban J connectivity index is 2.10. The Morgan fingerprint density at radius 2 is 1.84 bits per heavy atom. The maximum absolute atomic E-state index is 11.6. The van der Waals surface area contributed by atoms with Gasteiger partial charge < -0.3 is 5.11 Å². The number of aliphatic carboxylic acids is 1. The molecule has 1 saturated heterocycles. The monoisotopic (exact) mass is 289 g/mol. The van der Waals surface area contributed by atoms with Gasteiger partial charge in [-0.25, -0.2) is 8.42 Å². The minimum absolute atomic E-state index is 0.00468. The highest BCUT2D eigenvalue weighted by Crippen LogP contribution is 2.30. The van der Waals surface area contributed by atoms with Crippen molar-refractivity contribution in [3.05, 3.63) is 0 Å². The molecule has 0 aromatic heterocycles. The number of carbonyl (C=O) groups is 1. The number of rotatable bonds is 3. The van der Waals surface area contributed by atoms with Crippen molar-refractivity contribution in [3.63, 3.8) is 0 Å². The van der Waals surface area contributed by atoms with E-state index in [9.17, 15) is 18.3 Å². The molecular formula is C13H23NO4S. The van der Waals surface area contributed by atoms with E-state index in [-0.39, 0.29) is 29.5 Å². The van der Waals surface area contributed by atoms with Crippen LogP contribution < -0.4 is 0 Å². The fourth-order valence-corrected chi connectivity index (χ4v) is 5.22. The van der Waals surface area contributed by atoms with Crippen molar-refractivity contribution in [2.24, 2.45) is 5.92 Å². The highest BCUT2D eigenvalue weighted by atomic mass is 32.2. The lowest BCUT2D eigenvalue weighted by atomic mass is 9.92. The maximum Gasteiger partial charge on any atom is 0.308 e. The Morgan fingerprint density at radius 1 is 1.16 bits per heavy atom. The SMILES string of the molecule is CN(C1CCS(=O)(=O)C1)C1CCCCCC1C(=O)O. The van der Waals surface area contributed by atoms with Gasteiger partial charge in [0.25, 0.3) is 0 Å². The normalized spacial score (nSPS) is 35.2. The molecule has 110 valence electrons. The topological polar surface area (TPSA) is 74.7 Å². The first-order valence-corrected chi connectivity index (χ1v) is 8.88. The van der Waals surface area contributed by atoms with Gasteiger partial charge in [-0.3, -0.25) is 9.69 Å². The maximum atomic E-state index is 11.6. The first kappa shape index (κ1) is 14.8. The van der Waals surface area contributed by atoms with Crippen molar-refractivity contribution in [1.29, 1.82) is 0 Å². The molecule has 3 unspecified atom stereocenters. The molecule has 0 spiro atoms. The summed E-state index contributed by atoms with van der Waals surface area (Å²) in [7, 11) is -1.01. The standard InChI is InChI=1S/C13H23NO4S/c1-14(10-7-8-19(17,18)9-10)12-6-4-2-3-5-11(12)13(15)16/h10-12H,2-9H2,1H3,(H,15,16). The molecule has 1 heterocycles. The lowest BCUT2D eigenvalue weighted by Gasteiger charge is -2.35. The van der Waals surface area contributed by atoms with Gasteiger partial charge in [0.05, 0.1) is 17.4 Å². The van der Waals surface area contributed by atoms with Crippen LogP contribution in [0.1, 0.15) is 38.5 Å². The summed E-state index contributed by atoms with van der Waals surface area (Å²) >= 11 is 0. The van der Waals surface area contributed by atoms with E-state index in [0.717, 1.165) is 25.7 Å². The number of carboxylic acids is 1. The third kappa shape index (κ3) is 3.48. The Labute approximate surface area is 114 Å². The zero-order valence-electron chi connectivity index (χ0n) is 11.4. The molecule has 2 aliphatic rings. The molecule has 0 amide bonds. The summed E-state index contributed by atoms with van der Waals surface area (Å²) in [5.41, 5.74) is 0. The van der Waals surface area contributed by atoms with Crippen molar-refractivity contribution in [1.82, 2.24) is 4.90 Å². The molecule has 2 fully saturated rings. The average molecular weight is 289 g/mol. The molecule has 1 aliphatic heterocycles. The minimum Gasteiger partial charge on any atom is -0.481 e. The van der Waals surface area contributed by atoms with Crippen LogP contribution in [0.25, 0.3) is 0 Å². The van der Waals surface area contributed by atoms with Crippen molar-refractivity contribution in [2.75, 3.05) is 18.6 Å². The van der Waals surface area contributed by atoms with Crippen LogP contribution in [0, 0.1) is 5.92 Å². The van der Waals surface area contributed by atoms with E-state index < -0.39 is 15.8 Å². The molecule has 19 heavy (non-hydrogen) atoms. The molecule has 0 aromatic carbocycles. The smallest absolute Gasteiger partial charge is 0.308 e. The zero-order valence-corrected chi connectivity index (χ0v) is 12.2. The van der Waals surface area contributed by atoms with Crippen LogP contribution in [0.3, 0.4) is 0 Å². The van der Waals surface area contributed by atoms with Gasteiger partial charge in [0.15, 0.2) is 9.84 Å². The van der Waals surface area contributed by atoms with E-state index in [4.69, 9.17) is 0 Å². The lowest BCUT2D eigenvalue weighted by molar-refractivity contribution is -0.144. The van der Waals surface area contributed by atoms with Crippen molar-refractivity contribution in [2.45, 2.75) is 50.6 Å². The molecule has 1 N–H and O–H groups in total. The molecule has 1 saturated carbocycles. The van der Waals surface area contributed by atoms with Crippen LogP contribution in [-0.4, -0.2) is 55.0 Å². The molecular weight excluding hydrogens is 266 g/mol. The third-order valence-electron chi connectivity index (χ3n) is 4.60. The Morgan fingerprint density at radius 3 is 2.42 bits per heavy atom. The summed E-state index contributed by atoms with van der Waals surface area (Å²) in [4.78, 5) is 13.5. The van der Waals surface area contributed by atoms with Crippen LogP contribution in [0.4, 0.5) is 0 Å². The molecule has 0 aromatic rings. The molecule has 1 aliphatic carbocycles. The lowest BCUT2D eigenvalue weighted by Crippen LogP contribution is -2.46. The predicted octanol–water partition coefficient (Wildman–Crippen LogP) is 1.14. The summed E-state index contributed by atoms with van der Waals surface area (Å²) in [6.45, 7) is 0. The molecule has 3 atom stereocenters. The number of hydrogen-bond donors (Lipinski definition) is 1. The Kier molecular flexibility index (Phi) is 4.50. The minimum atomic E-state index is -2.92. The van der Waals surface area contributed by atoms with Gasteiger partial charge in [-0.2, -0.15) is 0 Å². The van der Waals surface area contributed by atoms with E-state index in [1.54, 1.807) is 0 Å². The van der Waals surface area contributed by atoms with E-state index in [1.165, 1.54) is 0 Å².